The zero-order chi connectivity index (χ0) is 15.6. The Morgan fingerprint density at radius 3 is 2.43 bits per heavy atom. The van der Waals surface area contributed by atoms with Crippen LogP contribution >= 0.6 is 27.7 Å². The molecule has 0 fully saturated rings. The summed E-state index contributed by atoms with van der Waals surface area (Å²) in [6, 6.07) is 7.93. The third kappa shape index (κ3) is 4.21. The standard InChI is InChI=1S/C14H12BrF3N2S/c1-8(19)11-4-3-10(6-12(11)15)21-13-5-2-9(7-20-13)14(16,17)18/h2-8H,19H2,1H3/t8-/m0/s1. The van der Waals surface area contributed by atoms with Gasteiger partial charge in [0.15, 0.2) is 0 Å². The summed E-state index contributed by atoms with van der Waals surface area (Å²) in [6.07, 6.45) is -3.52. The van der Waals surface area contributed by atoms with Crippen LogP contribution in [0.4, 0.5) is 13.2 Å². The van der Waals surface area contributed by atoms with Crippen molar-refractivity contribution in [1.82, 2.24) is 4.98 Å². The van der Waals surface area contributed by atoms with Gasteiger partial charge in [-0.05, 0) is 36.8 Å². The molecule has 0 amide bonds. The molecular formula is C14H12BrF3N2S. The Kier molecular flexibility index (Phi) is 4.95. The van der Waals surface area contributed by atoms with E-state index >= 15 is 0 Å². The molecule has 0 saturated carbocycles. The van der Waals surface area contributed by atoms with Crippen LogP contribution in [0.1, 0.15) is 24.1 Å². The Morgan fingerprint density at radius 2 is 1.95 bits per heavy atom. The minimum absolute atomic E-state index is 0.0948. The van der Waals surface area contributed by atoms with Crippen LogP contribution in [0.5, 0.6) is 0 Å². The molecule has 112 valence electrons. The predicted molar refractivity (Wildman–Crippen MR) is 80.1 cm³/mol. The second kappa shape index (κ2) is 6.37. The van der Waals surface area contributed by atoms with Gasteiger partial charge in [0.25, 0.3) is 0 Å². The van der Waals surface area contributed by atoms with E-state index in [-0.39, 0.29) is 6.04 Å². The maximum Gasteiger partial charge on any atom is 0.417 e. The Balaban J connectivity index is 2.17. The number of halogens is 4. The smallest absolute Gasteiger partial charge is 0.324 e. The van der Waals surface area contributed by atoms with Crippen LogP contribution in [0.25, 0.3) is 0 Å². The first kappa shape index (κ1) is 16.3. The molecule has 7 heteroatoms. The SMILES string of the molecule is C[C@H](N)c1ccc(Sc2ccc(C(F)(F)F)cn2)cc1Br. The molecule has 0 spiro atoms. The zero-order valence-corrected chi connectivity index (χ0v) is 13.4. The average molecular weight is 377 g/mol. The molecule has 2 nitrogen and oxygen atoms in total. The minimum Gasteiger partial charge on any atom is -0.324 e. The number of benzene rings is 1. The second-order valence-electron chi connectivity index (χ2n) is 4.46. The third-order valence-electron chi connectivity index (χ3n) is 2.75. The Labute approximate surface area is 133 Å². The fraction of sp³-hybridized carbons (Fsp3) is 0.214. The maximum atomic E-state index is 12.5. The van der Waals surface area contributed by atoms with Crippen molar-refractivity contribution >= 4 is 27.7 Å². The van der Waals surface area contributed by atoms with E-state index in [0.717, 1.165) is 27.2 Å². The number of nitrogens with zero attached hydrogens (tertiary/aromatic N) is 1. The average Bonchev–Trinajstić information content (AvgIpc) is 2.38. The summed E-state index contributed by atoms with van der Waals surface area (Å²) in [5.41, 5.74) is 6.04. The lowest BCUT2D eigenvalue weighted by Crippen LogP contribution is -2.05. The quantitative estimate of drug-likeness (QED) is 0.815. The summed E-state index contributed by atoms with van der Waals surface area (Å²) < 4.78 is 38.2. The molecule has 0 aliphatic rings. The van der Waals surface area contributed by atoms with Crippen LogP contribution in [-0.4, -0.2) is 4.98 Å². The van der Waals surface area contributed by atoms with Crippen molar-refractivity contribution in [3.05, 3.63) is 52.1 Å². The summed E-state index contributed by atoms with van der Waals surface area (Å²) >= 11 is 4.73. The van der Waals surface area contributed by atoms with E-state index in [1.165, 1.54) is 17.8 Å². The fourth-order valence-corrected chi connectivity index (χ4v) is 3.36. The van der Waals surface area contributed by atoms with Crippen molar-refractivity contribution in [2.45, 2.75) is 29.1 Å². The van der Waals surface area contributed by atoms with Gasteiger partial charge in [0.2, 0.25) is 0 Å². The fourth-order valence-electron chi connectivity index (χ4n) is 1.67. The molecule has 0 saturated heterocycles. The lowest BCUT2D eigenvalue weighted by Gasteiger charge is -2.10. The van der Waals surface area contributed by atoms with Gasteiger partial charge in [-0.15, -0.1) is 0 Å². The van der Waals surface area contributed by atoms with E-state index in [0.29, 0.717) is 5.03 Å². The van der Waals surface area contributed by atoms with Crippen LogP contribution in [0.2, 0.25) is 0 Å². The highest BCUT2D eigenvalue weighted by Crippen LogP contribution is 2.33. The van der Waals surface area contributed by atoms with Gasteiger partial charge in [0, 0.05) is 21.6 Å². The predicted octanol–water partition coefficient (Wildman–Crippen LogP) is 5.03. The molecular weight excluding hydrogens is 365 g/mol. The number of alkyl halides is 3. The normalized spacial score (nSPS) is 13.2. The Morgan fingerprint density at radius 1 is 1.24 bits per heavy atom. The molecule has 1 aromatic heterocycles. The number of nitrogens with two attached hydrogens (primary N) is 1. The number of hydrogen-bond acceptors (Lipinski definition) is 3. The number of aromatic nitrogens is 1. The van der Waals surface area contributed by atoms with Gasteiger partial charge in [0.1, 0.15) is 5.03 Å². The summed E-state index contributed by atoms with van der Waals surface area (Å²) in [5, 5.41) is 0.503. The summed E-state index contributed by atoms with van der Waals surface area (Å²) in [7, 11) is 0. The lowest BCUT2D eigenvalue weighted by atomic mass is 10.1. The summed E-state index contributed by atoms with van der Waals surface area (Å²) in [5.74, 6) is 0. The largest absolute Gasteiger partial charge is 0.417 e. The first-order valence-electron chi connectivity index (χ1n) is 6.03. The molecule has 1 aromatic carbocycles. The van der Waals surface area contributed by atoms with Crippen molar-refractivity contribution in [3.63, 3.8) is 0 Å². The second-order valence-corrected chi connectivity index (χ2v) is 6.41. The van der Waals surface area contributed by atoms with Crippen molar-refractivity contribution in [1.29, 1.82) is 0 Å². The Bertz CT molecular complexity index is 627. The molecule has 0 aliphatic heterocycles. The van der Waals surface area contributed by atoms with Gasteiger partial charge in [-0.1, -0.05) is 33.8 Å². The van der Waals surface area contributed by atoms with Crippen molar-refractivity contribution in [3.8, 4) is 0 Å². The van der Waals surface area contributed by atoms with Crippen molar-refractivity contribution in [2.75, 3.05) is 0 Å². The van der Waals surface area contributed by atoms with Crippen LogP contribution in [0.15, 0.2) is 50.9 Å². The van der Waals surface area contributed by atoms with E-state index in [9.17, 15) is 13.2 Å². The number of hydrogen-bond donors (Lipinski definition) is 1. The molecule has 21 heavy (non-hydrogen) atoms. The van der Waals surface area contributed by atoms with Gasteiger partial charge in [0.05, 0.1) is 5.56 Å². The van der Waals surface area contributed by atoms with Gasteiger partial charge >= 0.3 is 6.18 Å². The minimum atomic E-state index is -4.36. The van der Waals surface area contributed by atoms with Gasteiger partial charge in [-0.3, -0.25) is 0 Å². The molecule has 0 bridgehead atoms. The molecule has 2 N–H and O–H groups in total. The topological polar surface area (TPSA) is 38.9 Å². The molecule has 0 radical (unpaired) electrons. The van der Waals surface area contributed by atoms with Crippen LogP contribution in [0, 0.1) is 0 Å². The van der Waals surface area contributed by atoms with E-state index in [1.807, 2.05) is 25.1 Å². The first-order valence-corrected chi connectivity index (χ1v) is 7.64. The highest BCUT2D eigenvalue weighted by atomic mass is 79.9. The monoisotopic (exact) mass is 376 g/mol. The van der Waals surface area contributed by atoms with E-state index in [1.54, 1.807) is 0 Å². The molecule has 2 rings (SSSR count). The van der Waals surface area contributed by atoms with Gasteiger partial charge in [-0.2, -0.15) is 13.2 Å². The third-order valence-corrected chi connectivity index (χ3v) is 4.38. The number of pyridine rings is 1. The molecule has 1 heterocycles. The van der Waals surface area contributed by atoms with E-state index < -0.39 is 11.7 Å². The van der Waals surface area contributed by atoms with Crippen LogP contribution in [0.3, 0.4) is 0 Å². The Hall–Kier alpha value is -1.05. The highest BCUT2D eigenvalue weighted by molar-refractivity contribution is 9.10. The summed E-state index contributed by atoms with van der Waals surface area (Å²) in [4.78, 5) is 4.70. The lowest BCUT2D eigenvalue weighted by molar-refractivity contribution is -0.137. The highest BCUT2D eigenvalue weighted by Gasteiger charge is 2.30. The van der Waals surface area contributed by atoms with Gasteiger partial charge < -0.3 is 5.73 Å². The first-order chi connectivity index (χ1) is 9.77. The maximum absolute atomic E-state index is 12.5. The summed E-state index contributed by atoms with van der Waals surface area (Å²) in [6.45, 7) is 1.88. The zero-order valence-electron chi connectivity index (χ0n) is 11.0. The van der Waals surface area contributed by atoms with Crippen LogP contribution < -0.4 is 5.73 Å². The number of rotatable bonds is 3. The van der Waals surface area contributed by atoms with Gasteiger partial charge in [-0.25, -0.2) is 4.98 Å². The molecule has 1 atom stereocenters. The molecule has 0 aliphatic carbocycles. The molecule has 0 unspecified atom stereocenters. The van der Waals surface area contributed by atoms with E-state index in [2.05, 4.69) is 20.9 Å². The van der Waals surface area contributed by atoms with Crippen molar-refractivity contribution in [2.24, 2.45) is 5.73 Å². The van der Waals surface area contributed by atoms with Crippen molar-refractivity contribution < 1.29 is 13.2 Å². The van der Waals surface area contributed by atoms with Crippen LogP contribution in [-0.2, 0) is 6.18 Å². The van der Waals surface area contributed by atoms with E-state index in [4.69, 9.17) is 5.73 Å². The molecule has 2 aromatic rings.